The number of primary amides is 1. The summed E-state index contributed by atoms with van der Waals surface area (Å²) < 4.78 is 32.9. The van der Waals surface area contributed by atoms with Crippen LogP contribution in [-0.2, 0) is 14.8 Å². The maximum Gasteiger partial charge on any atom is 0.273 e. The van der Waals surface area contributed by atoms with Gasteiger partial charge < -0.3 is 10.5 Å². The minimum atomic E-state index is -3.81. The number of anilines is 1. The predicted molar refractivity (Wildman–Crippen MR) is 122 cm³/mol. The van der Waals surface area contributed by atoms with Gasteiger partial charge in [0.15, 0.2) is 6.61 Å². The molecule has 0 saturated heterocycles. The van der Waals surface area contributed by atoms with Crippen LogP contribution >= 0.6 is 11.3 Å². The zero-order valence-electron chi connectivity index (χ0n) is 16.9. The summed E-state index contributed by atoms with van der Waals surface area (Å²) in [5.41, 5.74) is 8.87. The fourth-order valence-electron chi connectivity index (χ4n) is 2.61. The molecule has 0 spiro atoms. The van der Waals surface area contributed by atoms with Crippen LogP contribution in [-0.4, -0.2) is 32.6 Å². The van der Waals surface area contributed by atoms with Crippen LogP contribution in [0.15, 0.2) is 75.4 Å². The van der Waals surface area contributed by atoms with E-state index in [0.29, 0.717) is 17.0 Å². The van der Waals surface area contributed by atoms with Crippen molar-refractivity contribution in [1.29, 1.82) is 0 Å². The van der Waals surface area contributed by atoms with E-state index in [1.807, 2.05) is 0 Å². The molecule has 0 aliphatic heterocycles. The molecule has 0 saturated carbocycles. The van der Waals surface area contributed by atoms with Crippen LogP contribution < -0.4 is 20.6 Å². The number of ether oxygens (including phenoxy) is 1. The minimum absolute atomic E-state index is 0.114. The van der Waals surface area contributed by atoms with Crippen molar-refractivity contribution in [3.8, 4) is 5.75 Å². The van der Waals surface area contributed by atoms with Crippen molar-refractivity contribution in [2.24, 2.45) is 10.8 Å². The van der Waals surface area contributed by atoms with Gasteiger partial charge >= 0.3 is 0 Å². The van der Waals surface area contributed by atoms with Crippen molar-refractivity contribution in [3.05, 3.63) is 77.2 Å². The first-order valence-electron chi connectivity index (χ1n) is 9.28. The fourth-order valence-corrected chi connectivity index (χ4v) is 4.68. The lowest BCUT2D eigenvalue weighted by atomic mass is 10.1. The first-order valence-corrected chi connectivity index (χ1v) is 11.6. The van der Waals surface area contributed by atoms with Crippen molar-refractivity contribution in [1.82, 2.24) is 5.43 Å². The lowest BCUT2D eigenvalue weighted by Gasteiger charge is -2.11. The first-order chi connectivity index (χ1) is 15.3. The van der Waals surface area contributed by atoms with E-state index in [0.717, 1.165) is 11.3 Å². The highest BCUT2D eigenvalue weighted by Gasteiger charge is 2.19. The zero-order chi connectivity index (χ0) is 23.1. The van der Waals surface area contributed by atoms with E-state index in [9.17, 15) is 18.0 Å². The van der Waals surface area contributed by atoms with Crippen LogP contribution in [0, 0.1) is 0 Å². The van der Waals surface area contributed by atoms with E-state index in [2.05, 4.69) is 15.2 Å². The van der Waals surface area contributed by atoms with Crippen molar-refractivity contribution in [3.63, 3.8) is 0 Å². The second-order valence-corrected chi connectivity index (χ2v) is 9.36. The third-order valence-corrected chi connectivity index (χ3v) is 6.90. The van der Waals surface area contributed by atoms with Crippen molar-refractivity contribution in [2.75, 3.05) is 11.3 Å². The smallest absolute Gasteiger partial charge is 0.273 e. The standard InChI is InChI=1S/C21H20N4O5S2/c1-14(15-6-4-7-16(12-15)30-13-19(22)26)23-24-21(27)17-8-2-3-9-18(17)25-32(28,29)20-10-5-11-31-20/h2-12,25H,13H2,1H3,(H2,22,26)(H,24,27). The van der Waals surface area contributed by atoms with E-state index in [1.165, 1.54) is 18.2 Å². The first kappa shape index (κ1) is 23.0. The summed E-state index contributed by atoms with van der Waals surface area (Å²) in [7, 11) is -3.81. The van der Waals surface area contributed by atoms with Gasteiger partial charge in [-0.3, -0.25) is 14.3 Å². The van der Waals surface area contributed by atoms with Crippen LogP contribution in [0.3, 0.4) is 0 Å². The van der Waals surface area contributed by atoms with Crippen molar-refractivity contribution >= 4 is 44.6 Å². The van der Waals surface area contributed by atoms with Gasteiger partial charge in [0.1, 0.15) is 9.96 Å². The average molecular weight is 473 g/mol. The summed E-state index contributed by atoms with van der Waals surface area (Å²) in [4.78, 5) is 23.6. The van der Waals surface area contributed by atoms with Crippen LogP contribution in [0.2, 0.25) is 0 Å². The number of sulfonamides is 1. The average Bonchev–Trinajstić information content (AvgIpc) is 3.32. The number of rotatable bonds is 9. The van der Waals surface area contributed by atoms with Gasteiger partial charge in [-0.1, -0.05) is 30.3 Å². The largest absolute Gasteiger partial charge is 0.484 e. The van der Waals surface area contributed by atoms with Crippen molar-refractivity contribution in [2.45, 2.75) is 11.1 Å². The number of hydrazone groups is 1. The molecule has 2 amide bonds. The second-order valence-electron chi connectivity index (χ2n) is 6.50. The molecular weight excluding hydrogens is 452 g/mol. The lowest BCUT2D eigenvalue weighted by molar-refractivity contribution is -0.119. The molecule has 2 aromatic carbocycles. The molecule has 0 fully saturated rings. The van der Waals surface area contributed by atoms with E-state index in [-0.39, 0.29) is 22.1 Å². The number of carbonyl (C=O) groups excluding carboxylic acids is 2. The van der Waals surface area contributed by atoms with Crippen LogP contribution in [0.4, 0.5) is 5.69 Å². The zero-order valence-corrected chi connectivity index (χ0v) is 18.6. The minimum Gasteiger partial charge on any atom is -0.484 e. The SMILES string of the molecule is CC(=NNC(=O)c1ccccc1NS(=O)(=O)c1cccs1)c1cccc(OCC(N)=O)c1. The summed E-state index contributed by atoms with van der Waals surface area (Å²) in [5.74, 6) is -0.758. The van der Waals surface area contributed by atoms with Gasteiger partial charge in [0.05, 0.1) is 17.0 Å². The second kappa shape index (κ2) is 10.1. The third-order valence-electron chi connectivity index (χ3n) is 4.13. The Bertz CT molecular complexity index is 1250. The summed E-state index contributed by atoms with van der Waals surface area (Å²) >= 11 is 1.07. The van der Waals surface area contributed by atoms with Gasteiger partial charge in [-0.2, -0.15) is 5.10 Å². The molecule has 166 valence electrons. The Morgan fingerprint density at radius 2 is 1.88 bits per heavy atom. The van der Waals surface area contributed by atoms with Crippen LogP contribution in [0.1, 0.15) is 22.8 Å². The summed E-state index contributed by atoms with van der Waals surface area (Å²) in [5, 5.41) is 5.74. The van der Waals surface area contributed by atoms with Gasteiger partial charge in [-0.15, -0.1) is 11.3 Å². The molecule has 3 rings (SSSR count). The molecule has 3 aromatic rings. The number of thiophene rings is 1. The third kappa shape index (κ3) is 5.93. The fraction of sp³-hybridized carbons (Fsp3) is 0.0952. The molecule has 0 aliphatic carbocycles. The normalized spacial score (nSPS) is 11.6. The molecule has 0 aliphatic rings. The Morgan fingerprint density at radius 1 is 1.09 bits per heavy atom. The Labute approximate surface area is 189 Å². The van der Waals surface area contributed by atoms with Crippen molar-refractivity contribution < 1.29 is 22.7 Å². The molecule has 0 unspecified atom stereocenters. The molecule has 4 N–H and O–H groups in total. The number of nitrogens with one attached hydrogen (secondary N) is 2. The topological polar surface area (TPSA) is 140 Å². The van der Waals surface area contributed by atoms with E-state index >= 15 is 0 Å². The summed E-state index contributed by atoms with van der Waals surface area (Å²) in [6.07, 6.45) is 0. The van der Waals surface area contributed by atoms with Gasteiger partial charge in [0.2, 0.25) is 0 Å². The van der Waals surface area contributed by atoms with Gasteiger partial charge in [-0.05, 0) is 42.6 Å². The maximum atomic E-state index is 12.7. The van der Waals surface area contributed by atoms with Crippen LogP contribution in [0.5, 0.6) is 5.75 Å². The molecule has 0 atom stereocenters. The number of nitrogens with zero attached hydrogens (tertiary/aromatic N) is 1. The number of nitrogens with two attached hydrogens (primary N) is 1. The highest BCUT2D eigenvalue weighted by molar-refractivity contribution is 7.94. The quantitative estimate of drug-likeness (QED) is 0.324. The molecule has 11 heteroatoms. The monoisotopic (exact) mass is 472 g/mol. The Morgan fingerprint density at radius 3 is 2.59 bits per heavy atom. The number of para-hydroxylation sites is 1. The van der Waals surface area contributed by atoms with Gasteiger partial charge in [0, 0.05) is 5.56 Å². The molecule has 32 heavy (non-hydrogen) atoms. The van der Waals surface area contributed by atoms with E-state index in [4.69, 9.17) is 10.5 Å². The number of amides is 2. The summed E-state index contributed by atoms with van der Waals surface area (Å²) in [6.45, 7) is 1.42. The number of hydrogen-bond donors (Lipinski definition) is 3. The number of benzene rings is 2. The molecular formula is C21H20N4O5S2. The van der Waals surface area contributed by atoms with E-state index < -0.39 is 21.8 Å². The number of hydrogen-bond acceptors (Lipinski definition) is 7. The highest BCUT2D eigenvalue weighted by Crippen LogP contribution is 2.23. The van der Waals surface area contributed by atoms with Gasteiger partial charge in [0.25, 0.3) is 21.8 Å². The Hall–Kier alpha value is -3.70. The highest BCUT2D eigenvalue weighted by atomic mass is 32.2. The van der Waals surface area contributed by atoms with Gasteiger partial charge in [-0.25, -0.2) is 13.8 Å². The maximum absolute atomic E-state index is 12.7. The summed E-state index contributed by atoms with van der Waals surface area (Å²) in [6, 6.07) is 16.1. The molecule has 9 nitrogen and oxygen atoms in total. The van der Waals surface area contributed by atoms with E-state index in [1.54, 1.807) is 54.8 Å². The Kier molecular flexibility index (Phi) is 7.23. The Balaban J connectivity index is 1.75. The van der Waals surface area contributed by atoms with Crippen LogP contribution in [0.25, 0.3) is 0 Å². The number of carbonyl (C=O) groups is 2. The molecule has 1 heterocycles. The lowest BCUT2D eigenvalue weighted by Crippen LogP contribution is -2.22. The molecule has 1 aromatic heterocycles. The molecule has 0 radical (unpaired) electrons. The molecule has 0 bridgehead atoms. The predicted octanol–water partition coefficient (Wildman–Crippen LogP) is 2.57.